The van der Waals surface area contributed by atoms with Gasteiger partial charge in [0.25, 0.3) is 0 Å². The Kier molecular flexibility index (Phi) is 3.04. The summed E-state index contributed by atoms with van der Waals surface area (Å²) in [6.07, 6.45) is 0. The van der Waals surface area contributed by atoms with Gasteiger partial charge in [-0.15, -0.1) is 0 Å². The lowest BCUT2D eigenvalue weighted by Gasteiger charge is -2.06. The summed E-state index contributed by atoms with van der Waals surface area (Å²) >= 11 is 3.38. The summed E-state index contributed by atoms with van der Waals surface area (Å²) in [6.45, 7) is 0. The maximum Gasteiger partial charge on any atom is 0.340 e. The third kappa shape index (κ3) is 2.13. The van der Waals surface area contributed by atoms with Gasteiger partial charge in [-0.1, -0.05) is 5.10 Å². The Bertz CT molecular complexity index is 500. The lowest BCUT2D eigenvalue weighted by molar-refractivity contribution is 0.402. The van der Waals surface area contributed by atoms with E-state index in [0.29, 0.717) is 11.8 Å². The van der Waals surface area contributed by atoms with E-state index >= 15 is 0 Å². The molecule has 0 bridgehead atoms. The van der Waals surface area contributed by atoms with E-state index in [4.69, 9.17) is 9.47 Å². The molecular formula is C9H9BrN4O2. The molecule has 1 heterocycles. The number of halogens is 1. The van der Waals surface area contributed by atoms with Crippen molar-refractivity contribution >= 4 is 15.9 Å². The fourth-order valence-corrected chi connectivity index (χ4v) is 1.54. The fourth-order valence-electron chi connectivity index (χ4n) is 1.10. The molecule has 1 aromatic heterocycles. The Morgan fingerprint density at radius 1 is 1.38 bits per heavy atom. The molecule has 0 atom stereocenters. The summed E-state index contributed by atoms with van der Waals surface area (Å²) in [5.41, 5.74) is 0. The number of aryl methyl sites for hydroxylation is 1. The van der Waals surface area contributed by atoms with Crippen molar-refractivity contribution < 1.29 is 9.47 Å². The maximum absolute atomic E-state index is 5.50. The van der Waals surface area contributed by atoms with Crippen molar-refractivity contribution in [2.75, 3.05) is 7.11 Å². The van der Waals surface area contributed by atoms with Crippen LogP contribution in [-0.2, 0) is 7.05 Å². The summed E-state index contributed by atoms with van der Waals surface area (Å²) in [7, 11) is 3.31. The Hall–Kier alpha value is -1.63. The molecule has 2 aromatic rings. The van der Waals surface area contributed by atoms with Crippen LogP contribution in [-0.4, -0.2) is 27.3 Å². The van der Waals surface area contributed by atoms with Crippen molar-refractivity contribution in [1.29, 1.82) is 0 Å². The molecular weight excluding hydrogens is 276 g/mol. The van der Waals surface area contributed by atoms with Crippen LogP contribution >= 0.6 is 15.9 Å². The van der Waals surface area contributed by atoms with Gasteiger partial charge >= 0.3 is 6.01 Å². The van der Waals surface area contributed by atoms with Crippen LogP contribution in [0.15, 0.2) is 22.7 Å². The Morgan fingerprint density at radius 3 is 2.75 bits per heavy atom. The molecule has 0 aliphatic carbocycles. The van der Waals surface area contributed by atoms with Gasteiger partial charge in [0.05, 0.1) is 11.6 Å². The number of hydrogen-bond donors (Lipinski definition) is 0. The zero-order valence-electron chi connectivity index (χ0n) is 8.72. The van der Waals surface area contributed by atoms with Crippen LogP contribution < -0.4 is 9.47 Å². The quantitative estimate of drug-likeness (QED) is 0.860. The lowest BCUT2D eigenvalue weighted by atomic mass is 10.3. The van der Waals surface area contributed by atoms with Gasteiger partial charge in [0.15, 0.2) is 0 Å². The molecule has 0 radical (unpaired) electrons. The summed E-state index contributed by atoms with van der Waals surface area (Å²) in [5.74, 6) is 1.37. The van der Waals surface area contributed by atoms with E-state index in [1.807, 2.05) is 0 Å². The van der Waals surface area contributed by atoms with Crippen molar-refractivity contribution in [3.63, 3.8) is 0 Å². The molecule has 0 amide bonds. The van der Waals surface area contributed by atoms with E-state index in [1.165, 1.54) is 4.68 Å². The van der Waals surface area contributed by atoms with Crippen molar-refractivity contribution in [2.45, 2.75) is 0 Å². The molecule has 2 rings (SSSR count). The predicted molar refractivity (Wildman–Crippen MR) is 59.6 cm³/mol. The minimum absolute atomic E-state index is 0.325. The zero-order valence-corrected chi connectivity index (χ0v) is 10.3. The van der Waals surface area contributed by atoms with Gasteiger partial charge in [-0.2, -0.15) is 4.68 Å². The monoisotopic (exact) mass is 284 g/mol. The standard InChI is InChI=1S/C9H9BrN4O2/c1-14-9(11-12-13-14)16-8-4-3-6(15-2)5-7(8)10/h3-5H,1-2H3. The first-order valence-electron chi connectivity index (χ1n) is 4.44. The van der Waals surface area contributed by atoms with E-state index < -0.39 is 0 Å². The Labute approximate surface area is 100 Å². The minimum Gasteiger partial charge on any atom is -0.497 e. The normalized spacial score (nSPS) is 10.2. The molecule has 16 heavy (non-hydrogen) atoms. The molecule has 0 unspecified atom stereocenters. The number of methoxy groups -OCH3 is 1. The van der Waals surface area contributed by atoms with Crippen molar-refractivity contribution in [3.05, 3.63) is 22.7 Å². The minimum atomic E-state index is 0.325. The highest BCUT2D eigenvalue weighted by atomic mass is 79.9. The molecule has 0 N–H and O–H groups in total. The SMILES string of the molecule is COc1ccc(Oc2nnnn2C)c(Br)c1. The average molecular weight is 285 g/mol. The molecule has 0 saturated carbocycles. The van der Waals surface area contributed by atoms with Crippen LogP contribution in [0.2, 0.25) is 0 Å². The third-order valence-electron chi connectivity index (χ3n) is 1.92. The van der Waals surface area contributed by atoms with E-state index in [2.05, 4.69) is 31.5 Å². The molecule has 0 spiro atoms. The topological polar surface area (TPSA) is 62.1 Å². The van der Waals surface area contributed by atoms with E-state index in [-0.39, 0.29) is 0 Å². The summed E-state index contributed by atoms with van der Waals surface area (Å²) < 4.78 is 12.8. The molecule has 0 aliphatic heterocycles. The predicted octanol–water partition coefficient (Wildman–Crippen LogP) is 1.77. The van der Waals surface area contributed by atoms with Gasteiger partial charge < -0.3 is 9.47 Å². The molecule has 1 aromatic carbocycles. The molecule has 84 valence electrons. The van der Waals surface area contributed by atoms with Gasteiger partial charge in [0.1, 0.15) is 11.5 Å². The number of rotatable bonds is 3. The zero-order chi connectivity index (χ0) is 11.5. The average Bonchev–Trinajstić information content (AvgIpc) is 2.67. The summed E-state index contributed by atoms with van der Waals surface area (Å²) in [6, 6.07) is 5.70. The number of benzene rings is 1. The van der Waals surface area contributed by atoms with Gasteiger partial charge in [-0.3, -0.25) is 0 Å². The number of nitrogens with zero attached hydrogens (tertiary/aromatic N) is 4. The van der Waals surface area contributed by atoms with E-state index in [1.54, 1.807) is 32.4 Å². The van der Waals surface area contributed by atoms with Crippen molar-refractivity contribution in [1.82, 2.24) is 20.2 Å². The van der Waals surface area contributed by atoms with Gasteiger partial charge in [-0.25, -0.2) is 0 Å². The highest BCUT2D eigenvalue weighted by molar-refractivity contribution is 9.10. The van der Waals surface area contributed by atoms with Crippen LogP contribution in [0.4, 0.5) is 0 Å². The molecule has 7 heteroatoms. The number of aromatic nitrogens is 4. The van der Waals surface area contributed by atoms with E-state index in [9.17, 15) is 0 Å². The lowest BCUT2D eigenvalue weighted by Crippen LogP contribution is -1.96. The first-order valence-corrected chi connectivity index (χ1v) is 5.24. The van der Waals surface area contributed by atoms with Gasteiger partial charge in [0, 0.05) is 7.05 Å². The number of tetrazole rings is 1. The second kappa shape index (κ2) is 4.48. The van der Waals surface area contributed by atoms with Crippen molar-refractivity contribution in [3.8, 4) is 17.5 Å². The fraction of sp³-hybridized carbons (Fsp3) is 0.222. The second-order valence-corrected chi connectivity index (χ2v) is 3.84. The van der Waals surface area contributed by atoms with Gasteiger partial charge in [0.2, 0.25) is 0 Å². The van der Waals surface area contributed by atoms with Crippen molar-refractivity contribution in [2.24, 2.45) is 7.05 Å². The number of ether oxygens (including phenoxy) is 2. The molecule has 6 nitrogen and oxygen atoms in total. The molecule has 0 aliphatic rings. The third-order valence-corrected chi connectivity index (χ3v) is 2.54. The van der Waals surface area contributed by atoms with Crippen LogP contribution in [0, 0.1) is 0 Å². The van der Waals surface area contributed by atoms with E-state index in [0.717, 1.165) is 10.2 Å². The highest BCUT2D eigenvalue weighted by Gasteiger charge is 2.08. The smallest absolute Gasteiger partial charge is 0.340 e. The van der Waals surface area contributed by atoms with Crippen LogP contribution in [0.25, 0.3) is 0 Å². The first kappa shape index (κ1) is 10.9. The second-order valence-electron chi connectivity index (χ2n) is 2.98. The van der Waals surface area contributed by atoms with Crippen LogP contribution in [0.3, 0.4) is 0 Å². The van der Waals surface area contributed by atoms with Crippen LogP contribution in [0.1, 0.15) is 0 Å². The maximum atomic E-state index is 5.50. The van der Waals surface area contributed by atoms with Gasteiger partial charge in [-0.05, 0) is 44.6 Å². The summed E-state index contributed by atoms with van der Waals surface area (Å²) in [5, 5.41) is 10.9. The number of hydrogen-bond acceptors (Lipinski definition) is 5. The molecule has 0 saturated heterocycles. The summed E-state index contributed by atoms with van der Waals surface area (Å²) in [4.78, 5) is 0. The Balaban J connectivity index is 2.25. The largest absolute Gasteiger partial charge is 0.497 e. The Morgan fingerprint density at radius 2 is 2.19 bits per heavy atom. The van der Waals surface area contributed by atoms with Crippen LogP contribution in [0.5, 0.6) is 17.5 Å². The molecule has 0 fully saturated rings. The first-order chi connectivity index (χ1) is 7.70. The highest BCUT2D eigenvalue weighted by Crippen LogP contribution is 2.31.